The summed E-state index contributed by atoms with van der Waals surface area (Å²) in [5.41, 5.74) is 0. The van der Waals surface area contributed by atoms with Gasteiger partial charge in [0.1, 0.15) is 0 Å². The molecule has 1 radical (unpaired) electrons. The Balaban J connectivity index is -0.0000000320. The topological polar surface area (TPSA) is 74.6 Å². The van der Waals surface area contributed by atoms with E-state index in [0.717, 1.165) is 0 Å². The Morgan fingerprint density at radius 3 is 1.83 bits per heavy atom. The van der Waals surface area contributed by atoms with Crippen LogP contribution in [0.5, 0.6) is 0 Å². The first kappa shape index (κ1) is 23.8. The molecule has 67 valence electrons. The van der Waals surface area contributed by atoms with Gasteiger partial charge in [0, 0.05) is 22.4 Å². The van der Waals surface area contributed by atoms with Gasteiger partial charge in [-0.15, -0.1) is 12.6 Å². The van der Waals surface area contributed by atoms with Crippen LogP contribution in [-0.2, 0) is 32.0 Å². The number of carboxylic acid groups (broad SMARTS) is 1. The van der Waals surface area contributed by atoms with Crippen molar-refractivity contribution in [2.45, 2.75) is 12.5 Å². The van der Waals surface area contributed by atoms with Gasteiger partial charge >= 0.3 is 65.1 Å². The van der Waals surface area contributed by atoms with Crippen molar-refractivity contribution in [2.24, 2.45) is 0 Å². The van der Waals surface area contributed by atoms with E-state index in [-0.39, 0.29) is 84.3 Å². The van der Waals surface area contributed by atoms with Crippen molar-refractivity contribution in [3.63, 3.8) is 0 Å². The molecule has 0 aromatic heterocycles. The maximum Gasteiger partial charge on any atom is 1.00 e. The molecule has 0 aromatic carbocycles. The molecule has 2 N–H and O–H groups in total. The van der Waals surface area contributed by atoms with Gasteiger partial charge < -0.3 is 13.1 Å². The molecule has 0 rings (SSSR count). The summed E-state index contributed by atoms with van der Waals surface area (Å²) in [6.07, 6.45) is -2.06. The number of thiol groups is 1. The van der Waals surface area contributed by atoms with Crippen LogP contribution < -0.4 is 59.1 Å². The van der Waals surface area contributed by atoms with Crippen LogP contribution in [0.1, 0.15) is 9.27 Å². The molecular weight excluding hydrogens is 387 g/mol. The van der Waals surface area contributed by atoms with Crippen LogP contribution in [0, 0.1) is 0 Å². The first-order valence-electron chi connectivity index (χ1n) is 2.16. The predicted octanol–water partition coefficient (Wildman–Crippen LogP) is -6.49. The maximum atomic E-state index is 10.00. The third kappa shape index (κ3) is 14.7. The van der Waals surface area contributed by atoms with Gasteiger partial charge in [-0.05, 0) is 0 Å². The number of aliphatic hydroxyl groups is 1. The van der Waals surface area contributed by atoms with E-state index in [1.165, 1.54) is 0 Å². The van der Waals surface area contributed by atoms with Gasteiger partial charge in [-0.25, -0.2) is 4.79 Å². The van der Waals surface area contributed by atoms with E-state index in [2.05, 4.69) is 12.6 Å². The van der Waals surface area contributed by atoms with Crippen molar-refractivity contribution in [3.8, 4) is 0 Å². The zero-order chi connectivity index (χ0) is 7.44. The average molecular weight is 395 g/mol. The predicted molar refractivity (Wildman–Crippen MR) is 34.5 cm³/mol. The monoisotopic (exact) mass is 395 g/mol. The molecule has 8 heteroatoms. The molecule has 0 aliphatic heterocycles. The minimum Gasteiger partial charge on any atom is -1.00 e. The summed E-state index contributed by atoms with van der Waals surface area (Å²) in [6, 6.07) is 0. The molecule has 1 unspecified atom stereocenters. The minimum absolute atomic E-state index is 0. The normalized spacial score (nSPS) is 9.50. The Hall–Kier alpha value is 2.19. The largest absolute Gasteiger partial charge is 1.00 e. The Morgan fingerprint density at radius 1 is 1.42 bits per heavy atom. The standard InChI is InChI=1S/C4H6O4S.Au.2Na.2H/c5-2(4(7)8)1-3(6)9;;;;;/h2,5H,1H2,(H,6,9)(H,7,8);;;;;/q;;2*+1;2*-1. The van der Waals surface area contributed by atoms with Crippen LogP contribution in [0.2, 0.25) is 0 Å². The van der Waals surface area contributed by atoms with Crippen LogP contribution >= 0.6 is 12.6 Å². The molecule has 12 heavy (non-hydrogen) atoms. The van der Waals surface area contributed by atoms with Crippen LogP contribution in [0.15, 0.2) is 0 Å². The molecule has 0 fully saturated rings. The quantitative estimate of drug-likeness (QED) is 0.329. The Morgan fingerprint density at radius 2 is 1.75 bits per heavy atom. The molecular formula is C4H8AuNa2O4S. The number of aliphatic hydroxyl groups excluding tert-OH is 1. The van der Waals surface area contributed by atoms with E-state index in [0.29, 0.717) is 0 Å². The second kappa shape index (κ2) is 13.2. The van der Waals surface area contributed by atoms with E-state index in [1.54, 1.807) is 0 Å². The van der Waals surface area contributed by atoms with Crippen molar-refractivity contribution in [1.82, 2.24) is 0 Å². The number of carbonyl (C=O) groups is 2. The van der Waals surface area contributed by atoms with Crippen molar-refractivity contribution >= 4 is 23.7 Å². The molecule has 0 amide bonds. The molecule has 0 spiro atoms. The van der Waals surface area contributed by atoms with Crippen LogP contribution in [-0.4, -0.2) is 27.4 Å². The first-order valence-corrected chi connectivity index (χ1v) is 2.61. The van der Waals surface area contributed by atoms with E-state index < -0.39 is 23.6 Å². The summed E-state index contributed by atoms with van der Waals surface area (Å²) >= 11 is 3.27. The van der Waals surface area contributed by atoms with Crippen molar-refractivity contribution in [3.05, 3.63) is 0 Å². The van der Waals surface area contributed by atoms with Crippen molar-refractivity contribution < 1.29 is 104 Å². The first-order chi connectivity index (χ1) is 4.04. The molecule has 0 saturated carbocycles. The summed E-state index contributed by atoms with van der Waals surface area (Å²) in [5, 5.41) is 15.8. The van der Waals surface area contributed by atoms with E-state index in [1.807, 2.05) is 0 Å². The van der Waals surface area contributed by atoms with Gasteiger partial charge in [0.2, 0.25) is 0 Å². The number of carboxylic acids is 1. The second-order valence-electron chi connectivity index (χ2n) is 1.45. The smallest absolute Gasteiger partial charge is 1.00 e. The van der Waals surface area contributed by atoms with E-state index >= 15 is 0 Å². The van der Waals surface area contributed by atoms with E-state index in [9.17, 15) is 9.59 Å². The van der Waals surface area contributed by atoms with E-state index in [4.69, 9.17) is 10.2 Å². The van der Waals surface area contributed by atoms with Crippen LogP contribution in [0.3, 0.4) is 0 Å². The number of aliphatic carboxylic acids is 1. The van der Waals surface area contributed by atoms with Crippen molar-refractivity contribution in [1.29, 1.82) is 0 Å². The molecule has 0 aromatic rings. The van der Waals surface area contributed by atoms with Crippen molar-refractivity contribution in [2.75, 3.05) is 0 Å². The summed E-state index contributed by atoms with van der Waals surface area (Å²) in [6.45, 7) is 0. The molecule has 0 saturated heterocycles. The summed E-state index contributed by atoms with van der Waals surface area (Å²) in [5.74, 6) is -1.41. The third-order valence-electron chi connectivity index (χ3n) is 0.653. The van der Waals surface area contributed by atoms with Gasteiger partial charge in [0.15, 0.2) is 11.2 Å². The second-order valence-corrected chi connectivity index (χ2v) is 1.95. The van der Waals surface area contributed by atoms with Gasteiger partial charge in [-0.2, -0.15) is 0 Å². The summed E-state index contributed by atoms with van der Waals surface area (Å²) in [4.78, 5) is 19.8. The zero-order valence-corrected chi connectivity index (χ0v) is 13.8. The minimum atomic E-state index is -1.62. The van der Waals surface area contributed by atoms with Gasteiger partial charge in [0.05, 0.1) is 6.42 Å². The fourth-order valence-corrected chi connectivity index (χ4v) is 0.426. The third-order valence-corrected chi connectivity index (χ3v) is 0.836. The number of hydrogen-bond donors (Lipinski definition) is 3. The van der Waals surface area contributed by atoms with Gasteiger partial charge in [-0.3, -0.25) is 4.79 Å². The van der Waals surface area contributed by atoms with Crippen LogP contribution in [0.4, 0.5) is 0 Å². The van der Waals surface area contributed by atoms with Gasteiger partial charge in [-0.1, -0.05) is 0 Å². The maximum absolute atomic E-state index is 10.00. The molecule has 0 aliphatic carbocycles. The molecule has 1 atom stereocenters. The number of rotatable bonds is 3. The Labute approximate surface area is 138 Å². The summed E-state index contributed by atoms with van der Waals surface area (Å²) < 4.78 is 0. The molecule has 0 heterocycles. The van der Waals surface area contributed by atoms with Gasteiger partial charge in [0.25, 0.3) is 0 Å². The zero-order valence-electron chi connectivity index (χ0n) is 8.74. The fourth-order valence-electron chi connectivity index (χ4n) is 0.253. The Kier molecular flexibility index (Phi) is 26.1. The average Bonchev–Trinajstić information content (AvgIpc) is 1.63. The summed E-state index contributed by atoms with van der Waals surface area (Å²) in [7, 11) is 0. The SMILES string of the molecule is O=C(S)CC(O)C(=O)O.[Au].[H-].[H-].[Na+].[Na+]. The molecule has 0 aliphatic rings. The molecule has 4 nitrogen and oxygen atoms in total. The molecule has 0 bridgehead atoms. The fraction of sp³-hybridized carbons (Fsp3) is 0.500. The number of carbonyl (C=O) groups excluding carboxylic acids is 1. The van der Waals surface area contributed by atoms with Crippen LogP contribution in [0.25, 0.3) is 0 Å². The Bertz CT molecular complexity index is 153. The number of hydrogen-bond acceptors (Lipinski definition) is 3.